The Morgan fingerprint density at radius 3 is 2.04 bits per heavy atom. The predicted molar refractivity (Wildman–Crippen MR) is 173 cm³/mol. The number of aryl methyl sites for hydroxylation is 3. The van der Waals surface area contributed by atoms with Crippen molar-refractivity contribution in [2.45, 2.75) is 37.5 Å². The van der Waals surface area contributed by atoms with Crippen LogP contribution in [0.4, 0.5) is 17.1 Å². The van der Waals surface area contributed by atoms with Crippen molar-refractivity contribution < 1.29 is 64.9 Å². The molecule has 0 radical (unpaired) electrons. The first kappa shape index (κ1) is 34.5. The van der Waals surface area contributed by atoms with Gasteiger partial charge in [0, 0.05) is 56.7 Å². The zero-order valence-corrected chi connectivity index (χ0v) is 30.0. The van der Waals surface area contributed by atoms with Gasteiger partial charge in [-0.25, -0.2) is 21.8 Å². The molecule has 9 nitrogen and oxygen atoms in total. The van der Waals surface area contributed by atoms with Gasteiger partial charge in [0.25, 0.3) is 0 Å². The maximum absolute atomic E-state index is 12.4. The number of para-hydroxylation sites is 1. The molecule has 0 saturated heterocycles. The molecule has 0 spiro atoms. The number of rotatable bonds is 6. The molecule has 47 heavy (non-hydrogen) atoms. The van der Waals surface area contributed by atoms with Crippen LogP contribution in [0.5, 0.6) is 0 Å². The average molecular weight is 677 g/mol. The maximum Gasteiger partial charge on any atom is 1.00 e. The molecule has 2 aliphatic rings. The number of hydrogen-bond acceptors (Lipinski definition) is 8. The van der Waals surface area contributed by atoms with Crippen LogP contribution in [0, 0.1) is 27.7 Å². The molecule has 0 aromatic heterocycles. The first-order valence-corrected chi connectivity index (χ1v) is 17.1. The molecule has 0 saturated carbocycles. The third-order valence-corrected chi connectivity index (χ3v) is 9.94. The largest absolute Gasteiger partial charge is 1.00 e. The first-order valence-electron chi connectivity index (χ1n) is 14.3. The second-order valence-electron chi connectivity index (χ2n) is 11.2. The summed E-state index contributed by atoms with van der Waals surface area (Å²) >= 11 is 0. The van der Waals surface area contributed by atoms with Crippen LogP contribution in [0.2, 0.25) is 0 Å². The molecule has 1 aliphatic carbocycles. The molecule has 234 valence electrons. The van der Waals surface area contributed by atoms with Crippen LogP contribution >= 0.6 is 0 Å². The van der Waals surface area contributed by atoms with Crippen LogP contribution < -0.4 is 45.2 Å². The summed E-state index contributed by atoms with van der Waals surface area (Å²) in [7, 11) is -9.53. The first-order chi connectivity index (χ1) is 21.7. The molecule has 0 atom stereocenters. The van der Waals surface area contributed by atoms with E-state index in [9.17, 15) is 25.9 Å². The monoisotopic (exact) mass is 676 g/mol. The molecule has 12 heteroatoms. The summed E-state index contributed by atoms with van der Waals surface area (Å²) in [6, 6.07) is 25.6. The molecule has 0 unspecified atom stereocenters. The number of hydrogen-bond donors (Lipinski definition) is 2. The maximum atomic E-state index is 12.4. The second-order valence-corrected chi connectivity index (χ2v) is 13.9. The summed E-state index contributed by atoms with van der Waals surface area (Å²) in [5, 5.41) is 4.51. The van der Waals surface area contributed by atoms with E-state index in [0.29, 0.717) is 39.2 Å². The fourth-order valence-corrected chi connectivity index (χ4v) is 7.21. The Hall–Kier alpha value is -3.81. The third kappa shape index (κ3) is 6.79. The molecule has 0 amide bonds. The molecule has 6 rings (SSSR count). The minimum absolute atomic E-state index is 0. The third-order valence-electron chi connectivity index (χ3n) is 8.06. The van der Waals surface area contributed by atoms with Gasteiger partial charge in [0.1, 0.15) is 31.6 Å². The molecule has 1 heterocycles. The van der Waals surface area contributed by atoms with E-state index in [2.05, 4.69) is 10.3 Å². The van der Waals surface area contributed by atoms with Crippen LogP contribution in [0.1, 0.15) is 22.3 Å². The Labute approximate surface area is 295 Å². The number of benzene rings is 5. The molecule has 4 aromatic carbocycles. The Morgan fingerprint density at radius 1 is 0.681 bits per heavy atom. The van der Waals surface area contributed by atoms with Gasteiger partial charge >= 0.3 is 29.6 Å². The van der Waals surface area contributed by atoms with Crippen molar-refractivity contribution in [3.05, 3.63) is 119 Å². The topological polar surface area (TPSA) is 154 Å². The van der Waals surface area contributed by atoms with Crippen molar-refractivity contribution >= 4 is 48.3 Å². The minimum Gasteiger partial charge on any atom is -0.744 e. The Balaban J connectivity index is 0.00000433. The Kier molecular flexibility index (Phi) is 9.55. The van der Waals surface area contributed by atoms with E-state index in [1.54, 1.807) is 50.2 Å². The van der Waals surface area contributed by atoms with Crippen LogP contribution in [0.3, 0.4) is 0 Å². The number of nitrogens with one attached hydrogen (secondary N) is 2. The van der Waals surface area contributed by atoms with Crippen LogP contribution in [-0.4, -0.2) is 25.9 Å². The van der Waals surface area contributed by atoms with Gasteiger partial charge in [-0.15, -0.1) is 0 Å². The van der Waals surface area contributed by atoms with Gasteiger partial charge in [-0.05, 0) is 69.2 Å². The number of anilines is 2. The van der Waals surface area contributed by atoms with Gasteiger partial charge in [-0.1, -0.05) is 42.5 Å². The molecule has 2 N–H and O–H groups in total. The van der Waals surface area contributed by atoms with E-state index in [1.807, 2.05) is 50.2 Å². The van der Waals surface area contributed by atoms with Gasteiger partial charge in [0.2, 0.25) is 11.0 Å². The summed E-state index contributed by atoms with van der Waals surface area (Å²) < 4.78 is 79.1. The summed E-state index contributed by atoms with van der Waals surface area (Å²) in [6.07, 6.45) is 0. The SMILES string of the molecule is Cc1ccc(S(=O)(=O)[O-])c(C)c1Nc1ccc2c(-c3ccccc3S(=O)(=O)[O-])c3ccc(=[NH+]c4c(C)cccc4C)cc-3oc2c1.[Na+]. The van der Waals surface area contributed by atoms with Crippen molar-refractivity contribution in [2.75, 3.05) is 5.32 Å². The van der Waals surface area contributed by atoms with Crippen molar-refractivity contribution in [3.63, 3.8) is 0 Å². The Morgan fingerprint density at radius 2 is 1.36 bits per heavy atom. The summed E-state index contributed by atoms with van der Waals surface area (Å²) in [5.74, 6) is 0.431. The second kappa shape index (κ2) is 13.0. The van der Waals surface area contributed by atoms with Crippen molar-refractivity contribution in [1.29, 1.82) is 0 Å². The Bertz CT molecular complexity index is 2440. The molecule has 0 fully saturated rings. The fraction of sp³-hybridized carbons (Fsp3) is 0.114. The van der Waals surface area contributed by atoms with E-state index in [-0.39, 0.29) is 50.5 Å². The van der Waals surface area contributed by atoms with E-state index in [0.717, 1.165) is 27.7 Å². The minimum atomic E-state index is -4.83. The molecular weight excluding hydrogens is 648 g/mol. The van der Waals surface area contributed by atoms with Gasteiger partial charge in [-0.3, -0.25) is 0 Å². The van der Waals surface area contributed by atoms with Gasteiger partial charge < -0.3 is 18.8 Å². The molecular formula is C35H29N2NaO7S2. The summed E-state index contributed by atoms with van der Waals surface area (Å²) in [6.45, 7) is 7.36. The summed E-state index contributed by atoms with van der Waals surface area (Å²) in [5.41, 5.74) is 6.76. The van der Waals surface area contributed by atoms with Crippen LogP contribution in [0.15, 0.2) is 105 Å². The van der Waals surface area contributed by atoms with Crippen molar-refractivity contribution in [1.82, 2.24) is 0 Å². The van der Waals surface area contributed by atoms with E-state index in [4.69, 9.17) is 4.42 Å². The van der Waals surface area contributed by atoms with E-state index >= 15 is 0 Å². The molecule has 4 aromatic rings. The predicted octanol–water partition coefficient (Wildman–Crippen LogP) is 2.31. The van der Waals surface area contributed by atoms with Crippen LogP contribution in [0.25, 0.3) is 33.4 Å². The van der Waals surface area contributed by atoms with E-state index < -0.39 is 20.2 Å². The van der Waals surface area contributed by atoms with Crippen molar-refractivity contribution in [3.8, 4) is 22.5 Å². The average Bonchev–Trinajstić information content (AvgIpc) is 2.98. The van der Waals surface area contributed by atoms with Crippen molar-refractivity contribution in [2.24, 2.45) is 0 Å². The normalized spacial score (nSPS) is 12.3. The van der Waals surface area contributed by atoms with Gasteiger partial charge in [0.15, 0.2) is 0 Å². The van der Waals surface area contributed by atoms with Gasteiger partial charge in [-0.2, -0.15) is 0 Å². The van der Waals surface area contributed by atoms with Gasteiger partial charge in [0.05, 0.1) is 15.9 Å². The standard InChI is InChI=1S/C35H30N2O7S2.Na/c1-20-8-7-9-21(2)34(20)36-24-13-15-26-29(18-24)44-30-19-25(37-35-22(3)12-17-31(23(35)4)45(38,39)40)14-16-27(30)33(26)28-10-5-6-11-32(28)46(41,42)43;/h5-19,37H,1-4H3,(H,38,39,40)(H,41,42,43);/q;+1/p-1. The molecule has 0 bridgehead atoms. The van der Waals surface area contributed by atoms with Crippen LogP contribution in [-0.2, 0) is 20.2 Å². The number of fused-ring (bicyclic) bond motifs is 2. The molecule has 1 aliphatic heterocycles. The van der Waals surface area contributed by atoms with E-state index in [1.165, 1.54) is 18.2 Å². The summed E-state index contributed by atoms with van der Waals surface area (Å²) in [4.78, 5) is 2.78. The zero-order valence-electron chi connectivity index (χ0n) is 26.3. The zero-order chi connectivity index (χ0) is 33.0. The smallest absolute Gasteiger partial charge is 0.744 e. The fourth-order valence-electron chi connectivity index (χ4n) is 5.82. The quantitative estimate of drug-likeness (QED) is 0.155.